The van der Waals surface area contributed by atoms with Crippen LogP contribution in [-0.4, -0.2) is 40.1 Å². The van der Waals surface area contributed by atoms with Crippen molar-refractivity contribution in [3.8, 4) is 11.5 Å². The van der Waals surface area contributed by atoms with Crippen LogP contribution in [0.2, 0.25) is 0 Å². The SMILES string of the molecule is O=C1CCC(NCc2noc(-c3c(F)cccc3F)n2)CCN1CC1CC1. The van der Waals surface area contributed by atoms with Gasteiger partial charge in [-0.3, -0.25) is 4.79 Å². The molecule has 1 saturated carbocycles. The molecule has 2 aromatic rings. The van der Waals surface area contributed by atoms with Crippen LogP contribution in [0.3, 0.4) is 0 Å². The molecule has 1 amide bonds. The first-order valence-corrected chi connectivity index (χ1v) is 9.38. The average molecular weight is 376 g/mol. The minimum atomic E-state index is -0.740. The van der Waals surface area contributed by atoms with E-state index >= 15 is 0 Å². The van der Waals surface area contributed by atoms with Gasteiger partial charge in [-0.1, -0.05) is 11.2 Å². The van der Waals surface area contributed by atoms with Crippen molar-refractivity contribution in [3.05, 3.63) is 35.7 Å². The third-order valence-corrected chi connectivity index (χ3v) is 5.18. The molecule has 1 saturated heterocycles. The smallest absolute Gasteiger partial charge is 0.263 e. The number of hydrogen-bond donors (Lipinski definition) is 1. The third kappa shape index (κ3) is 4.32. The van der Waals surface area contributed by atoms with Gasteiger partial charge in [-0.2, -0.15) is 4.98 Å². The van der Waals surface area contributed by atoms with Crippen LogP contribution in [-0.2, 0) is 11.3 Å². The van der Waals surface area contributed by atoms with Crippen LogP contribution in [0.15, 0.2) is 22.7 Å². The van der Waals surface area contributed by atoms with E-state index in [0.29, 0.717) is 24.7 Å². The maximum Gasteiger partial charge on any atom is 0.263 e. The second kappa shape index (κ2) is 7.72. The van der Waals surface area contributed by atoms with Gasteiger partial charge in [0.05, 0.1) is 6.54 Å². The molecule has 1 N–H and O–H groups in total. The molecule has 144 valence electrons. The monoisotopic (exact) mass is 376 g/mol. The Kier molecular flexibility index (Phi) is 5.15. The van der Waals surface area contributed by atoms with E-state index in [2.05, 4.69) is 15.5 Å². The third-order valence-electron chi connectivity index (χ3n) is 5.18. The Bertz CT molecular complexity index is 802. The van der Waals surface area contributed by atoms with Gasteiger partial charge in [-0.05, 0) is 43.7 Å². The summed E-state index contributed by atoms with van der Waals surface area (Å²) in [6.07, 6.45) is 4.61. The zero-order chi connectivity index (χ0) is 18.8. The standard InChI is InChI=1S/C19H22F2N4O2/c20-14-2-1-3-15(21)18(14)19-23-16(24-27-19)10-22-13-6-7-17(26)25(9-8-13)11-12-4-5-12/h1-3,12-13,22H,4-11H2. The van der Waals surface area contributed by atoms with E-state index in [0.717, 1.165) is 38.1 Å². The summed E-state index contributed by atoms with van der Waals surface area (Å²) in [5.74, 6) is -0.405. The number of nitrogens with one attached hydrogen (secondary N) is 1. The van der Waals surface area contributed by atoms with Crippen molar-refractivity contribution in [1.29, 1.82) is 0 Å². The first kappa shape index (κ1) is 18.0. The summed E-state index contributed by atoms with van der Waals surface area (Å²) in [4.78, 5) is 18.3. The predicted octanol–water partition coefficient (Wildman–Crippen LogP) is 2.90. The van der Waals surface area contributed by atoms with Crippen molar-refractivity contribution < 1.29 is 18.1 Å². The van der Waals surface area contributed by atoms with E-state index in [4.69, 9.17) is 4.52 Å². The lowest BCUT2D eigenvalue weighted by atomic mass is 10.1. The van der Waals surface area contributed by atoms with Crippen molar-refractivity contribution in [2.24, 2.45) is 5.92 Å². The molecule has 0 bridgehead atoms. The fourth-order valence-electron chi connectivity index (χ4n) is 3.41. The second-order valence-electron chi connectivity index (χ2n) is 7.30. The first-order valence-electron chi connectivity index (χ1n) is 9.38. The fraction of sp³-hybridized carbons (Fsp3) is 0.526. The molecular formula is C19H22F2N4O2. The summed E-state index contributed by atoms with van der Waals surface area (Å²) in [5, 5.41) is 7.13. The highest BCUT2D eigenvalue weighted by Crippen LogP contribution is 2.30. The number of rotatable bonds is 6. The minimum absolute atomic E-state index is 0.172. The molecule has 2 heterocycles. The van der Waals surface area contributed by atoms with Gasteiger partial charge in [0.2, 0.25) is 5.91 Å². The van der Waals surface area contributed by atoms with Gasteiger partial charge in [0.25, 0.3) is 5.89 Å². The Balaban J connectivity index is 1.34. The highest BCUT2D eigenvalue weighted by Gasteiger charge is 2.29. The van der Waals surface area contributed by atoms with Gasteiger partial charge in [0.15, 0.2) is 5.82 Å². The molecule has 1 aliphatic heterocycles. The van der Waals surface area contributed by atoms with Crippen LogP contribution in [0.4, 0.5) is 8.78 Å². The zero-order valence-corrected chi connectivity index (χ0v) is 15.0. The van der Waals surface area contributed by atoms with Crippen LogP contribution >= 0.6 is 0 Å². The normalized spacial score (nSPS) is 20.7. The van der Waals surface area contributed by atoms with Crippen LogP contribution in [0.5, 0.6) is 0 Å². The van der Waals surface area contributed by atoms with E-state index in [-0.39, 0.29) is 23.4 Å². The van der Waals surface area contributed by atoms with Crippen molar-refractivity contribution in [2.75, 3.05) is 13.1 Å². The molecule has 1 aliphatic carbocycles. The molecule has 1 aromatic heterocycles. The number of hydrogen-bond acceptors (Lipinski definition) is 5. The summed E-state index contributed by atoms with van der Waals surface area (Å²) in [6.45, 7) is 1.96. The van der Waals surface area contributed by atoms with Crippen molar-refractivity contribution in [2.45, 2.75) is 44.7 Å². The van der Waals surface area contributed by atoms with E-state index in [9.17, 15) is 13.6 Å². The van der Waals surface area contributed by atoms with E-state index < -0.39 is 11.6 Å². The molecule has 6 nitrogen and oxygen atoms in total. The highest BCUT2D eigenvalue weighted by atomic mass is 19.1. The largest absolute Gasteiger partial charge is 0.342 e. The second-order valence-corrected chi connectivity index (χ2v) is 7.30. The molecule has 8 heteroatoms. The maximum absolute atomic E-state index is 13.8. The molecule has 4 rings (SSSR count). The molecule has 2 fully saturated rings. The quantitative estimate of drug-likeness (QED) is 0.839. The lowest BCUT2D eigenvalue weighted by molar-refractivity contribution is -0.130. The van der Waals surface area contributed by atoms with E-state index in [1.165, 1.54) is 18.9 Å². The molecule has 27 heavy (non-hydrogen) atoms. The number of amides is 1. The minimum Gasteiger partial charge on any atom is -0.342 e. The molecule has 2 aliphatic rings. The Labute approximate surface area is 155 Å². The van der Waals surface area contributed by atoms with Gasteiger partial charge < -0.3 is 14.7 Å². The van der Waals surface area contributed by atoms with Gasteiger partial charge in [0.1, 0.15) is 17.2 Å². The van der Waals surface area contributed by atoms with Crippen LogP contribution in [0.1, 0.15) is 37.9 Å². The lowest BCUT2D eigenvalue weighted by Crippen LogP contribution is -2.33. The van der Waals surface area contributed by atoms with Gasteiger partial charge in [-0.25, -0.2) is 8.78 Å². The molecule has 0 radical (unpaired) electrons. The zero-order valence-electron chi connectivity index (χ0n) is 15.0. The Morgan fingerprint density at radius 1 is 1.19 bits per heavy atom. The summed E-state index contributed by atoms with van der Waals surface area (Å²) >= 11 is 0. The maximum atomic E-state index is 13.8. The predicted molar refractivity (Wildman–Crippen MR) is 93.4 cm³/mol. The van der Waals surface area contributed by atoms with Crippen LogP contribution in [0, 0.1) is 17.6 Å². The number of nitrogens with zero attached hydrogens (tertiary/aromatic N) is 3. The van der Waals surface area contributed by atoms with Crippen LogP contribution in [0.25, 0.3) is 11.5 Å². The van der Waals surface area contributed by atoms with Crippen molar-refractivity contribution in [3.63, 3.8) is 0 Å². The topological polar surface area (TPSA) is 71.3 Å². The number of halogens is 2. The average Bonchev–Trinajstić information content (AvgIpc) is 3.38. The molecule has 1 unspecified atom stereocenters. The van der Waals surface area contributed by atoms with Crippen LogP contribution < -0.4 is 5.32 Å². The summed E-state index contributed by atoms with van der Waals surface area (Å²) in [5.41, 5.74) is -0.313. The molecule has 0 spiro atoms. The number of benzene rings is 1. The highest BCUT2D eigenvalue weighted by molar-refractivity contribution is 5.76. The number of carbonyl (C=O) groups excluding carboxylic acids is 1. The van der Waals surface area contributed by atoms with Crippen molar-refractivity contribution >= 4 is 5.91 Å². The van der Waals surface area contributed by atoms with Gasteiger partial charge >= 0.3 is 0 Å². The lowest BCUT2D eigenvalue weighted by Gasteiger charge is -2.20. The Morgan fingerprint density at radius 2 is 1.96 bits per heavy atom. The van der Waals surface area contributed by atoms with E-state index in [1.54, 1.807) is 0 Å². The number of likely N-dealkylation sites (tertiary alicyclic amines) is 1. The van der Waals surface area contributed by atoms with Gasteiger partial charge in [0, 0.05) is 25.6 Å². The van der Waals surface area contributed by atoms with E-state index in [1.807, 2.05) is 4.90 Å². The summed E-state index contributed by atoms with van der Waals surface area (Å²) in [6, 6.07) is 3.75. The fourth-order valence-corrected chi connectivity index (χ4v) is 3.41. The van der Waals surface area contributed by atoms with Gasteiger partial charge in [-0.15, -0.1) is 0 Å². The molecule has 1 atom stereocenters. The summed E-state index contributed by atoms with van der Waals surface area (Å²) in [7, 11) is 0. The number of aromatic nitrogens is 2. The molecular weight excluding hydrogens is 354 g/mol. The summed E-state index contributed by atoms with van der Waals surface area (Å²) < 4.78 is 32.6. The Hall–Kier alpha value is -2.35. The Morgan fingerprint density at radius 3 is 2.70 bits per heavy atom. The molecule has 1 aromatic carbocycles. The first-order chi connectivity index (χ1) is 13.1. The number of carbonyl (C=O) groups is 1. The van der Waals surface area contributed by atoms with Crippen molar-refractivity contribution in [1.82, 2.24) is 20.4 Å².